The zero-order chi connectivity index (χ0) is 18.7. The Bertz CT molecular complexity index is 794. The summed E-state index contributed by atoms with van der Waals surface area (Å²) >= 11 is 1.47. The van der Waals surface area contributed by atoms with Gasteiger partial charge in [0.1, 0.15) is 5.37 Å². The van der Waals surface area contributed by atoms with Gasteiger partial charge in [-0.05, 0) is 41.8 Å². The highest BCUT2D eigenvalue weighted by Gasteiger charge is 2.34. The minimum atomic E-state index is -4.40. The number of amides is 2. The number of urea groups is 1. The highest BCUT2D eigenvalue weighted by molar-refractivity contribution is 7.99. The van der Waals surface area contributed by atoms with Gasteiger partial charge in [0.15, 0.2) is 0 Å². The molecule has 0 unspecified atom stereocenters. The van der Waals surface area contributed by atoms with Gasteiger partial charge in [-0.3, -0.25) is 0 Å². The van der Waals surface area contributed by atoms with Gasteiger partial charge in [-0.2, -0.15) is 13.2 Å². The van der Waals surface area contributed by atoms with Crippen LogP contribution in [0.3, 0.4) is 0 Å². The minimum Gasteiger partial charge on any atom is -0.308 e. The van der Waals surface area contributed by atoms with Crippen LogP contribution < -0.4 is 5.32 Å². The average Bonchev–Trinajstić information content (AvgIpc) is 3.11. The van der Waals surface area contributed by atoms with Gasteiger partial charge in [-0.1, -0.05) is 31.2 Å². The Morgan fingerprint density at radius 2 is 2.00 bits per heavy atom. The van der Waals surface area contributed by atoms with Gasteiger partial charge in [0, 0.05) is 18.0 Å². The molecular weight excluding hydrogens is 361 g/mol. The molecule has 0 bridgehead atoms. The molecule has 1 aliphatic heterocycles. The third-order valence-electron chi connectivity index (χ3n) is 4.24. The summed E-state index contributed by atoms with van der Waals surface area (Å²) < 4.78 is 38.9. The van der Waals surface area contributed by atoms with Crippen LogP contribution in [0.15, 0.2) is 48.5 Å². The Morgan fingerprint density at radius 3 is 2.73 bits per heavy atom. The van der Waals surface area contributed by atoms with Crippen LogP contribution in [0.4, 0.5) is 23.7 Å². The zero-order valence-electron chi connectivity index (χ0n) is 14.2. The number of benzene rings is 2. The molecule has 0 saturated carbocycles. The lowest BCUT2D eigenvalue weighted by atomic mass is 10.1. The molecule has 1 heterocycles. The summed E-state index contributed by atoms with van der Waals surface area (Å²) in [5.41, 5.74) is 1.58. The molecule has 1 saturated heterocycles. The van der Waals surface area contributed by atoms with E-state index in [0.29, 0.717) is 23.5 Å². The first-order valence-corrected chi connectivity index (χ1v) is 9.38. The van der Waals surface area contributed by atoms with Gasteiger partial charge < -0.3 is 10.2 Å². The number of rotatable bonds is 3. The lowest BCUT2D eigenvalue weighted by Crippen LogP contribution is -2.34. The molecule has 2 amide bonds. The van der Waals surface area contributed by atoms with E-state index in [1.807, 2.05) is 25.1 Å². The van der Waals surface area contributed by atoms with E-state index in [0.717, 1.165) is 24.1 Å². The van der Waals surface area contributed by atoms with E-state index in [1.165, 1.54) is 17.8 Å². The number of hydrogen-bond donors (Lipinski definition) is 1. The van der Waals surface area contributed by atoms with E-state index in [2.05, 4.69) is 5.32 Å². The van der Waals surface area contributed by atoms with Crippen LogP contribution >= 0.6 is 11.8 Å². The van der Waals surface area contributed by atoms with Gasteiger partial charge >= 0.3 is 12.2 Å². The molecule has 0 radical (unpaired) electrons. The molecule has 3 rings (SSSR count). The predicted octanol–water partition coefficient (Wildman–Crippen LogP) is 5.55. The summed E-state index contributed by atoms with van der Waals surface area (Å²) in [5, 5.41) is 2.43. The van der Waals surface area contributed by atoms with Crippen molar-refractivity contribution in [3.63, 3.8) is 0 Å². The molecule has 0 aromatic heterocycles. The lowest BCUT2D eigenvalue weighted by Gasteiger charge is -2.25. The number of aryl methyl sites for hydroxylation is 1. The Hall–Kier alpha value is -2.15. The molecule has 2 aromatic carbocycles. The smallest absolute Gasteiger partial charge is 0.308 e. The van der Waals surface area contributed by atoms with Gasteiger partial charge in [0.25, 0.3) is 0 Å². The molecular formula is C19H19F3N2OS. The van der Waals surface area contributed by atoms with Gasteiger partial charge in [-0.15, -0.1) is 11.8 Å². The predicted molar refractivity (Wildman–Crippen MR) is 98.2 cm³/mol. The maximum absolute atomic E-state index is 13.0. The fourth-order valence-corrected chi connectivity index (χ4v) is 4.13. The number of alkyl halides is 3. The van der Waals surface area contributed by atoms with E-state index < -0.39 is 17.1 Å². The summed E-state index contributed by atoms with van der Waals surface area (Å²) in [6.07, 6.45) is -3.54. The number of hydrogen-bond acceptors (Lipinski definition) is 2. The highest BCUT2D eigenvalue weighted by Crippen LogP contribution is 2.40. The molecule has 2 aromatic rings. The minimum absolute atomic E-state index is 0.300. The Labute approximate surface area is 154 Å². The lowest BCUT2D eigenvalue weighted by molar-refractivity contribution is -0.137. The number of nitrogens with zero attached hydrogens (tertiary/aromatic N) is 1. The van der Waals surface area contributed by atoms with Crippen molar-refractivity contribution >= 4 is 23.5 Å². The summed E-state index contributed by atoms with van der Waals surface area (Å²) in [6.45, 7) is 2.52. The van der Waals surface area contributed by atoms with Crippen molar-refractivity contribution < 1.29 is 18.0 Å². The van der Waals surface area contributed by atoms with Crippen LogP contribution in [0.25, 0.3) is 0 Å². The second-order valence-corrected chi connectivity index (χ2v) is 7.21. The second kappa shape index (κ2) is 7.61. The van der Waals surface area contributed by atoms with Crippen LogP contribution in [-0.2, 0) is 12.6 Å². The van der Waals surface area contributed by atoms with Crippen molar-refractivity contribution in [3.05, 3.63) is 65.2 Å². The maximum atomic E-state index is 13.0. The van der Waals surface area contributed by atoms with Crippen LogP contribution in [0.2, 0.25) is 0 Å². The maximum Gasteiger partial charge on any atom is 0.416 e. The number of carbonyl (C=O) groups is 1. The second-order valence-electron chi connectivity index (χ2n) is 6.02. The van der Waals surface area contributed by atoms with Crippen LogP contribution in [0.5, 0.6) is 0 Å². The summed E-state index contributed by atoms with van der Waals surface area (Å²) in [5.74, 6) is 0.684. The molecule has 26 heavy (non-hydrogen) atoms. The van der Waals surface area contributed by atoms with Crippen LogP contribution in [0, 0.1) is 0 Å². The Balaban J connectivity index is 1.78. The van der Waals surface area contributed by atoms with E-state index in [9.17, 15) is 18.0 Å². The van der Waals surface area contributed by atoms with Crippen molar-refractivity contribution in [2.24, 2.45) is 0 Å². The van der Waals surface area contributed by atoms with E-state index >= 15 is 0 Å². The summed E-state index contributed by atoms with van der Waals surface area (Å²) in [4.78, 5) is 14.2. The first-order chi connectivity index (χ1) is 12.4. The zero-order valence-corrected chi connectivity index (χ0v) is 15.0. The van der Waals surface area contributed by atoms with Crippen molar-refractivity contribution in [2.45, 2.75) is 24.9 Å². The topological polar surface area (TPSA) is 32.3 Å². The molecule has 1 atom stereocenters. The fourth-order valence-electron chi connectivity index (χ4n) is 2.89. The molecule has 138 valence electrons. The summed E-state index contributed by atoms with van der Waals surface area (Å²) in [6, 6.07) is 12.5. The largest absolute Gasteiger partial charge is 0.416 e. The van der Waals surface area contributed by atoms with E-state index in [-0.39, 0.29) is 6.03 Å². The van der Waals surface area contributed by atoms with Crippen molar-refractivity contribution in [1.29, 1.82) is 0 Å². The SMILES string of the molecule is CCc1cccc(NC(=O)N2CCS[C@H]2c2cccc(C(F)(F)F)c2)c1. The standard InChI is InChI=1S/C19H19F3N2OS/c1-2-13-5-3-8-16(11-13)23-18(25)24-9-10-26-17(24)14-6-4-7-15(12-14)19(20,21)22/h3-8,11-12,17H,2,9-10H2,1H3,(H,23,25)/t17-/m0/s1. The molecule has 3 nitrogen and oxygen atoms in total. The van der Waals surface area contributed by atoms with Crippen molar-refractivity contribution in [1.82, 2.24) is 4.90 Å². The Kier molecular flexibility index (Phi) is 5.46. The molecule has 0 aliphatic carbocycles. The highest BCUT2D eigenvalue weighted by atomic mass is 32.2. The van der Waals surface area contributed by atoms with Gasteiger partial charge in [0.2, 0.25) is 0 Å². The first-order valence-electron chi connectivity index (χ1n) is 8.34. The Morgan fingerprint density at radius 1 is 1.23 bits per heavy atom. The molecule has 0 spiro atoms. The third-order valence-corrected chi connectivity index (χ3v) is 5.50. The molecule has 7 heteroatoms. The average molecular weight is 380 g/mol. The molecule has 1 N–H and O–H groups in total. The van der Waals surface area contributed by atoms with Crippen molar-refractivity contribution in [3.8, 4) is 0 Å². The van der Waals surface area contributed by atoms with Gasteiger partial charge in [-0.25, -0.2) is 4.79 Å². The third kappa shape index (κ3) is 4.15. The van der Waals surface area contributed by atoms with E-state index in [1.54, 1.807) is 17.0 Å². The van der Waals surface area contributed by atoms with Gasteiger partial charge in [0.05, 0.1) is 5.56 Å². The number of anilines is 1. The van der Waals surface area contributed by atoms with Crippen molar-refractivity contribution in [2.75, 3.05) is 17.6 Å². The number of carbonyl (C=O) groups excluding carboxylic acids is 1. The number of nitrogens with one attached hydrogen (secondary N) is 1. The normalized spacial score (nSPS) is 17.4. The monoisotopic (exact) mass is 380 g/mol. The number of halogens is 3. The fraction of sp³-hybridized carbons (Fsp3) is 0.316. The first kappa shape index (κ1) is 18.6. The van der Waals surface area contributed by atoms with E-state index in [4.69, 9.17) is 0 Å². The molecule has 1 aliphatic rings. The van der Waals surface area contributed by atoms with Crippen LogP contribution in [0.1, 0.15) is 29.0 Å². The quantitative estimate of drug-likeness (QED) is 0.757. The number of thioether (sulfide) groups is 1. The van der Waals surface area contributed by atoms with Crippen LogP contribution in [-0.4, -0.2) is 23.2 Å². The summed E-state index contributed by atoms with van der Waals surface area (Å²) in [7, 11) is 0. The molecule has 1 fully saturated rings.